The first-order chi connectivity index (χ1) is 5.75. The van der Waals surface area contributed by atoms with Crippen LogP contribution >= 0.6 is 0 Å². The highest BCUT2D eigenvalue weighted by molar-refractivity contribution is 6.04. The summed E-state index contributed by atoms with van der Waals surface area (Å²) < 4.78 is 0. The van der Waals surface area contributed by atoms with Gasteiger partial charge in [0.15, 0.2) is 5.78 Å². The highest BCUT2D eigenvalue weighted by atomic mass is 16.1. The second-order valence-electron chi connectivity index (χ2n) is 3.33. The number of carbonyl (C=O) groups is 1. The SMILES string of the molecule is CC=CC(=O)C1=C(C)CCCC1. The molecule has 0 amide bonds. The predicted molar refractivity (Wildman–Crippen MR) is 51.0 cm³/mol. The summed E-state index contributed by atoms with van der Waals surface area (Å²) in [5.74, 6) is 0.217. The van der Waals surface area contributed by atoms with Crippen molar-refractivity contribution < 1.29 is 4.79 Å². The van der Waals surface area contributed by atoms with Crippen LogP contribution in [0.4, 0.5) is 0 Å². The zero-order valence-electron chi connectivity index (χ0n) is 7.89. The van der Waals surface area contributed by atoms with E-state index in [2.05, 4.69) is 6.92 Å². The first-order valence-corrected chi connectivity index (χ1v) is 4.61. The van der Waals surface area contributed by atoms with Gasteiger partial charge in [-0.15, -0.1) is 0 Å². The third kappa shape index (κ3) is 2.07. The molecule has 12 heavy (non-hydrogen) atoms. The smallest absolute Gasteiger partial charge is 0.181 e. The lowest BCUT2D eigenvalue weighted by atomic mass is 9.90. The van der Waals surface area contributed by atoms with Crippen LogP contribution in [0.1, 0.15) is 39.5 Å². The number of rotatable bonds is 2. The molecule has 0 fully saturated rings. The summed E-state index contributed by atoms with van der Waals surface area (Å²) in [6.45, 7) is 3.96. The lowest BCUT2D eigenvalue weighted by Gasteiger charge is -2.14. The van der Waals surface area contributed by atoms with Gasteiger partial charge in [0.1, 0.15) is 0 Å². The highest BCUT2D eigenvalue weighted by Gasteiger charge is 2.13. The molecule has 1 aliphatic carbocycles. The Bertz CT molecular complexity index is 233. The van der Waals surface area contributed by atoms with Crippen LogP contribution in [0.3, 0.4) is 0 Å². The maximum atomic E-state index is 11.5. The van der Waals surface area contributed by atoms with Crippen molar-refractivity contribution >= 4 is 5.78 Å². The molecule has 1 heteroatoms. The van der Waals surface area contributed by atoms with E-state index in [1.807, 2.05) is 13.0 Å². The minimum absolute atomic E-state index is 0.217. The summed E-state index contributed by atoms with van der Waals surface area (Å²) in [6, 6.07) is 0. The maximum absolute atomic E-state index is 11.5. The molecule has 0 aliphatic heterocycles. The molecule has 0 unspecified atom stereocenters. The monoisotopic (exact) mass is 164 g/mol. The second kappa shape index (κ2) is 4.24. The fraction of sp³-hybridized carbons (Fsp3) is 0.545. The predicted octanol–water partition coefficient (Wildman–Crippen LogP) is 3.02. The number of hydrogen-bond acceptors (Lipinski definition) is 1. The van der Waals surface area contributed by atoms with E-state index in [1.165, 1.54) is 18.4 Å². The molecule has 0 atom stereocenters. The minimum Gasteiger partial charge on any atom is -0.290 e. The van der Waals surface area contributed by atoms with E-state index in [4.69, 9.17) is 0 Å². The highest BCUT2D eigenvalue weighted by Crippen LogP contribution is 2.24. The lowest BCUT2D eigenvalue weighted by molar-refractivity contribution is -0.111. The van der Waals surface area contributed by atoms with E-state index in [0.29, 0.717) is 0 Å². The third-order valence-corrected chi connectivity index (χ3v) is 2.36. The van der Waals surface area contributed by atoms with E-state index in [0.717, 1.165) is 18.4 Å². The van der Waals surface area contributed by atoms with Crippen molar-refractivity contribution in [1.29, 1.82) is 0 Å². The fourth-order valence-corrected chi connectivity index (χ4v) is 1.64. The van der Waals surface area contributed by atoms with Crippen molar-refractivity contribution in [3.63, 3.8) is 0 Å². The van der Waals surface area contributed by atoms with Crippen LogP contribution in [-0.4, -0.2) is 5.78 Å². The van der Waals surface area contributed by atoms with Gasteiger partial charge in [0.2, 0.25) is 0 Å². The molecule has 0 aromatic heterocycles. The molecular formula is C11H16O. The normalized spacial score (nSPS) is 18.8. The molecule has 0 saturated carbocycles. The van der Waals surface area contributed by atoms with Gasteiger partial charge in [-0.05, 0) is 51.2 Å². The zero-order chi connectivity index (χ0) is 8.97. The Balaban J connectivity index is 2.77. The van der Waals surface area contributed by atoms with Crippen molar-refractivity contribution in [3.05, 3.63) is 23.3 Å². The molecule has 0 radical (unpaired) electrons. The first kappa shape index (κ1) is 9.24. The van der Waals surface area contributed by atoms with Crippen LogP contribution in [-0.2, 0) is 4.79 Å². The van der Waals surface area contributed by atoms with E-state index < -0.39 is 0 Å². The first-order valence-electron chi connectivity index (χ1n) is 4.61. The van der Waals surface area contributed by atoms with Crippen LogP contribution in [0.15, 0.2) is 23.3 Å². The third-order valence-electron chi connectivity index (χ3n) is 2.36. The van der Waals surface area contributed by atoms with Crippen molar-refractivity contribution in [2.45, 2.75) is 39.5 Å². The summed E-state index contributed by atoms with van der Waals surface area (Å²) in [5, 5.41) is 0. The topological polar surface area (TPSA) is 17.1 Å². The molecule has 1 rings (SSSR count). The van der Waals surface area contributed by atoms with Crippen molar-refractivity contribution in [1.82, 2.24) is 0 Å². The molecular weight excluding hydrogens is 148 g/mol. The average Bonchev–Trinajstić information content (AvgIpc) is 2.05. The van der Waals surface area contributed by atoms with E-state index in [1.54, 1.807) is 6.08 Å². The van der Waals surface area contributed by atoms with Crippen LogP contribution in [0.25, 0.3) is 0 Å². The molecule has 0 spiro atoms. The van der Waals surface area contributed by atoms with Gasteiger partial charge in [0.05, 0.1) is 0 Å². The summed E-state index contributed by atoms with van der Waals surface area (Å²) in [4.78, 5) is 11.5. The summed E-state index contributed by atoms with van der Waals surface area (Å²) >= 11 is 0. The molecule has 0 aromatic rings. The Labute approximate surface area is 74.2 Å². The van der Waals surface area contributed by atoms with Gasteiger partial charge >= 0.3 is 0 Å². The molecule has 0 saturated heterocycles. The van der Waals surface area contributed by atoms with Crippen molar-refractivity contribution in [2.75, 3.05) is 0 Å². The Morgan fingerprint density at radius 3 is 2.58 bits per heavy atom. The second-order valence-corrected chi connectivity index (χ2v) is 3.33. The van der Waals surface area contributed by atoms with Crippen molar-refractivity contribution in [3.8, 4) is 0 Å². The standard InChI is InChI=1S/C11H16O/c1-3-6-11(12)10-8-5-4-7-9(10)2/h3,6H,4-5,7-8H2,1-2H3. The van der Waals surface area contributed by atoms with Crippen LogP contribution in [0.2, 0.25) is 0 Å². The largest absolute Gasteiger partial charge is 0.290 e. The Kier molecular flexibility index (Phi) is 3.27. The lowest BCUT2D eigenvalue weighted by Crippen LogP contribution is -2.06. The number of allylic oxidation sites excluding steroid dienone is 4. The summed E-state index contributed by atoms with van der Waals surface area (Å²) in [5.41, 5.74) is 2.35. The van der Waals surface area contributed by atoms with Gasteiger partial charge < -0.3 is 0 Å². The molecule has 0 bridgehead atoms. The quantitative estimate of drug-likeness (QED) is 0.573. The van der Waals surface area contributed by atoms with Gasteiger partial charge in [0, 0.05) is 0 Å². The number of ketones is 1. The van der Waals surface area contributed by atoms with Crippen molar-refractivity contribution in [2.24, 2.45) is 0 Å². The zero-order valence-corrected chi connectivity index (χ0v) is 7.89. The van der Waals surface area contributed by atoms with Gasteiger partial charge in [-0.25, -0.2) is 0 Å². The van der Waals surface area contributed by atoms with E-state index in [9.17, 15) is 4.79 Å². The van der Waals surface area contributed by atoms with Crippen LogP contribution < -0.4 is 0 Å². The molecule has 0 aromatic carbocycles. The summed E-state index contributed by atoms with van der Waals surface area (Å²) in [6.07, 6.45) is 8.00. The van der Waals surface area contributed by atoms with Gasteiger partial charge in [-0.2, -0.15) is 0 Å². The van der Waals surface area contributed by atoms with Crippen LogP contribution in [0, 0.1) is 0 Å². The molecule has 1 aliphatic rings. The van der Waals surface area contributed by atoms with Gasteiger partial charge in [0.25, 0.3) is 0 Å². The molecule has 1 nitrogen and oxygen atoms in total. The number of carbonyl (C=O) groups excluding carboxylic acids is 1. The average molecular weight is 164 g/mol. The Morgan fingerprint density at radius 1 is 1.33 bits per heavy atom. The molecule has 66 valence electrons. The maximum Gasteiger partial charge on any atom is 0.181 e. The van der Waals surface area contributed by atoms with E-state index in [-0.39, 0.29) is 5.78 Å². The van der Waals surface area contributed by atoms with Gasteiger partial charge in [-0.3, -0.25) is 4.79 Å². The Hall–Kier alpha value is -0.850. The number of hydrogen-bond donors (Lipinski definition) is 0. The Morgan fingerprint density at radius 2 is 2.00 bits per heavy atom. The van der Waals surface area contributed by atoms with Gasteiger partial charge in [-0.1, -0.05) is 11.6 Å². The van der Waals surface area contributed by atoms with Crippen LogP contribution in [0.5, 0.6) is 0 Å². The molecule has 0 heterocycles. The fourth-order valence-electron chi connectivity index (χ4n) is 1.64. The minimum atomic E-state index is 0.217. The molecule has 0 N–H and O–H groups in total. The summed E-state index contributed by atoms with van der Waals surface area (Å²) in [7, 11) is 0. The van der Waals surface area contributed by atoms with E-state index >= 15 is 0 Å².